The first-order chi connectivity index (χ1) is 26.0. The molecule has 0 unspecified atom stereocenters. The van der Waals surface area contributed by atoms with Crippen molar-refractivity contribution in [2.24, 2.45) is 29.6 Å². The molecule has 1 saturated heterocycles. The minimum absolute atomic E-state index is 0.169. The second-order valence-electron chi connectivity index (χ2n) is 14.0. The molecule has 276 valence electrons. The summed E-state index contributed by atoms with van der Waals surface area (Å²) in [6.07, 6.45) is -4.18. The highest BCUT2D eigenvalue weighted by Crippen LogP contribution is 2.69. The second-order valence-corrected chi connectivity index (χ2v) is 16.2. The molecule has 2 saturated carbocycles. The molecule has 9 nitrogen and oxygen atoms in total. The van der Waals surface area contributed by atoms with Crippen LogP contribution < -0.4 is 24.6 Å². The third kappa shape index (κ3) is 5.52. The van der Waals surface area contributed by atoms with Gasteiger partial charge >= 0.3 is 11.0 Å². The number of rotatable bonds is 8. The van der Waals surface area contributed by atoms with Gasteiger partial charge in [0.25, 0.3) is 5.91 Å². The van der Waals surface area contributed by atoms with Crippen LogP contribution >= 0.6 is 23.1 Å². The van der Waals surface area contributed by atoms with E-state index in [0.29, 0.717) is 35.2 Å². The zero-order valence-electron chi connectivity index (χ0n) is 28.6. The van der Waals surface area contributed by atoms with Crippen molar-refractivity contribution >= 4 is 63.0 Å². The molecular weight excluding hydrogens is 740 g/mol. The van der Waals surface area contributed by atoms with Gasteiger partial charge in [-0.15, -0.1) is 11.8 Å². The Hall–Kier alpha value is -5.08. The molecule has 0 radical (unpaired) electrons. The van der Waals surface area contributed by atoms with Crippen LogP contribution in [0.5, 0.6) is 11.5 Å². The Morgan fingerprint density at radius 1 is 0.907 bits per heavy atom. The summed E-state index contributed by atoms with van der Waals surface area (Å²) in [5.41, 5.74) is 0.00156. The number of thiazole rings is 1. The Bertz CT molecular complexity index is 2410. The van der Waals surface area contributed by atoms with Gasteiger partial charge < -0.3 is 19.8 Å². The molecule has 3 amide bonds. The number of nitrogens with one attached hydrogen (secondary N) is 2. The topological polar surface area (TPSA) is 118 Å². The van der Waals surface area contributed by atoms with Crippen molar-refractivity contribution in [3.05, 3.63) is 111 Å². The summed E-state index contributed by atoms with van der Waals surface area (Å²) in [7, 11) is 0. The summed E-state index contributed by atoms with van der Waals surface area (Å²) in [6.45, 7) is 1.85. The van der Waals surface area contributed by atoms with Crippen LogP contribution in [0.15, 0.2) is 94.7 Å². The third-order valence-corrected chi connectivity index (χ3v) is 13.8. The molecule has 5 aromatic rings. The molecule has 1 aromatic heterocycles. The first kappa shape index (κ1) is 34.7. The number of fused-ring (bicyclic) bond motifs is 10. The van der Waals surface area contributed by atoms with Crippen LogP contribution in [0.3, 0.4) is 0 Å². The molecule has 54 heavy (non-hydrogen) atoms. The predicted molar refractivity (Wildman–Crippen MR) is 198 cm³/mol. The van der Waals surface area contributed by atoms with Gasteiger partial charge in [0.2, 0.25) is 11.8 Å². The lowest BCUT2D eigenvalue weighted by atomic mass is 9.68. The lowest BCUT2D eigenvalue weighted by Gasteiger charge is -2.43. The number of aromatic nitrogens is 1. The Morgan fingerprint density at radius 2 is 1.65 bits per heavy atom. The number of halogens is 3. The third-order valence-electron chi connectivity index (χ3n) is 11.2. The summed E-state index contributed by atoms with van der Waals surface area (Å²) in [6, 6.07) is 23.5. The molecule has 4 aromatic carbocycles. The van der Waals surface area contributed by atoms with Crippen LogP contribution in [0.2, 0.25) is 0 Å². The number of hydrogen-bond donors (Lipinski definition) is 2. The monoisotopic (exact) mass is 771 g/mol. The summed E-state index contributed by atoms with van der Waals surface area (Å²) in [4.78, 5) is 58.2. The highest BCUT2D eigenvalue weighted by molar-refractivity contribution is 8.00. The van der Waals surface area contributed by atoms with Crippen LogP contribution in [-0.2, 0) is 20.6 Å². The number of anilines is 2. The van der Waals surface area contributed by atoms with Crippen molar-refractivity contribution in [2.45, 2.75) is 35.7 Å². The molecule has 2 aliphatic heterocycles. The average molecular weight is 772 g/mol. The maximum Gasteiger partial charge on any atom is 0.418 e. The molecule has 2 aliphatic carbocycles. The van der Waals surface area contributed by atoms with E-state index in [1.54, 1.807) is 6.07 Å². The van der Waals surface area contributed by atoms with Gasteiger partial charge in [0.15, 0.2) is 18.1 Å². The minimum Gasteiger partial charge on any atom is -0.490 e. The Morgan fingerprint density at radius 3 is 2.44 bits per heavy atom. The van der Waals surface area contributed by atoms with E-state index in [1.807, 2.05) is 61.5 Å². The van der Waals surface area contributed by atoms with Gasteiger partial charge in [-0.3, -0.25) is 19.2 Å². The quantitative estimate of drug-likeness (QED) is 0.155. The highest BCUT2D eigenvalue weighted by Gasteiger charge is 2.70. The summed E-state index contributed by atoms with van der Waals surface area (Å²) >= 11 is 2.58. The van der Waals surface area contributed by atoms with Crippen LogP contribution in [0.4, 0.5) is 24.5 Å². The number of carbonyl (C=O) groups is 3. The zero-order valence-corrected chi connectivity index (χ0v) is 30.2. The largest absolute Gasteiger partial charge is 0.490 e. The van der Waals surface area contributed by atoms with Gasteiger partial charge in [-0.2, -0.15) is 13.2 Å². The summed E-state index contributed by atoms with van der Waals surface area (Å²) < 4.78 is 54.2. The van der Waals surface area contributed by atoms with Gasteiger partial charge in [0.05, 0.1) is 34.7 Å². The van der Waals surface area contributed by atoms with E-state index in [1.165, 1.54) is 30.0 Å². The van der Waals surface area contributed by atoms with E-state index in [-0.39, 0.29) is 46.3 Å². The van der Waals surface area contributed by atoms with Gasteiger partial charge in [0.1, 0.15) is 0 Å². The van der Waals surface area contributed by atoms with Gasteiger partial charge in [-0.1, -0.05) is 65.9 Å². The van der Waals surface area contributed by atoms with Gasteiger partial charge in [-0.25, -0.2) is 4.90 Å². The predicted octanol–water partition coefficient (Wildman–Crippen LogP) is 7.70. The number of imide groups is 1. The first-order valence-electron chi connectivity index (χ1n) is 17.6. The fourth-order valence-electron chi connectivity index (χ4n) is 9.31. The van der Waals surface area contributed by atoms with E-state index >= 15 is 0 Å². The lowest BCUT2D eigenvalue weighted by molar-refractivity contribution is -0.137. The van der Waals surface area contributed by atoms with E-state index in [0.717, 1.165) is 43.5 Å². The molecule has 7 atom stereocenters. The molecular formula is C40H32F3N3O6S2. The number of hydrogen-bond acceptors (Lipinski definition) is 8. The SMILES string of the molecule is CCOc1cc([C@@H]2c3sc(=O)[nH]c3S[C@@H]3[C@@H]4C[C@@H]([C@@H]5C(=O)N(c6ccccc6C(F)(F)F)C(=O)[C@@H]45)[C@H]23)ccc1OCC(=O)Nc1cccc2ccccc12. The lowest BCUT2D eigenvalue weighted by Crippen LogP contribution is -2.42. The number of para-hydroxylation sites is 1. The summed E-state index contributed by atoms with van der Waals surface area (Å²) in [5, 5.41) is 5.34. The van der Waals surface area contributed by atoms with Gasteiger partial charge in [0, 0.05) is 27.1 Å². The molecule has 9 rings (SSSR count). The highest BCUT2D eigenvalue weighted by atomic mass is 32.2. The number of ether oxygens (including phenoxy) is 2. The van der Waals surface area contributed by atoms with Crippen molar-refractivity contribution < 1.29 is 37.0 Å². The van der Waals surface area contributed by atoms with E-state index in [4.69, 9.17) is 9.47 Å². The van der Waals surface area contributed by atoms with Crippen molar-refractivity contribution in [3.8, 4) is 11.5 Å². The molecule has 0 spiro atoms. The normalized spacial score (nSPS) is 25.4. The smallest absolute Gasteiger partial charge is 0.418 e. The molecule has 3 fully saturated rings. The van der Waals surface area contributed by atoms with Crippen molar-refractivity contribution in [1.29, 1.82) is 0 Å². The number of alkyl halides is 3. The number of benzene rings is 4. The van der Waals surface area contributed by atoms with Crippen molar-refractivity contribution in [3.63, 3.8) is 0 Å². The van der Waals surface area contributed by atoms with Crippen LogP contribution in [0, 0.1) is 29.6 Å². The Balaban J connectivity index is 1.02. The Kier molecular flexibility index (Phi) is 8.38. The average Bonchev–Trinajstić information content (AvgIpc) is 3.89. The fourth-order valence-corrected chi connectivity index (χ4v) is 12.2. The fraction of sp³-hybridized carbons (Fsp3) is 0.300. The van der Waals surface area contributed by atoms with Crippen LogP contribution in [0.1, 0.15) is 35.3 Å². The molecule has 2 N–H and O–H groups in total. The molecule has 3 heterocycles. The van der Waals surface area contributed by atoms with Gasteiger partial charge in [-0.05, 0) is 72.4 Å². The van der Waals surface area contributed by atoms with E-state index in [9.17, 15) is 32.3 Å². The van der Waals surface area contributed by atoms with E-state index < -0.39 is 41.1 Å². The molecule has 2 bridgehead atoms. The maximum absolute atomic E-state index is 14.1. The van der Waals surface area contributed by atoms with Crippen LogP contribution in [0.25, 0.3) is 10.8 Å². The number of carbonyl (C=O) groups excluding carboxylic acids is 3. The standard InChI is InChI=1S/C40H32F3N3O6S2/c1-2-51-28-16-20(14-15-27(28)52-18-29(47)44-25-12-7-9-19-8-3-4-10-21(19)25)30-31-22-17-23(34(31)53-36-35(30)54-39(50)45-36)33-32(22)37(48)46(38(33)49)26-13-6-5-11-24(26)40(41,42)43/h3-16,22-23,30-34H,2,17-18H2,1H3,(H,44,47)(H,45,50)/t22-,23-,30+,31-,32+,33+,34-/m1/s1. The number of thioether (sulfide) groups is 1. The number of H-pyrrole nitrogens is 1. The zero-order chi connectivity index (χ0) is 37.5. The maximum atomic E-state index is 14.1. The van der Waals surface area contributed by atoms with Crippen LogP contribution in [-0.4, -0.2) is 41.2 Å². The minimum atomic E-state index is -4.75. The summed E-state index contributed by atoms with van der Waals surface area (Å²) in [5.74, 6) is -3.48. The number of aromatic amines is 1. The second kappa shape index (κ2) is 13.0. The van der Waals surface area contributed by atoms with Crippen molar-refractivity contribution in [2.75, 3.05) is 23.4 Å². The number of nitrogens with zero attached hydrogens (tertiary/aromatic N) is 1. The first-order valence-corrected chi connectivity index (χ1v) is 19.3. The molecule has 14 heteroatoms. The van der Waals surface area contributed by atoms with Crippen molar-refractivity contribution in [1.82, 2.24) is 4.98 Å². The number of amides is 3. The Labute approximate surface area is 314 Å². The van der Waals surface area contributed by atoms with E-state index in [2.05, 4.69) is 10.3 Å². The molecule has 4 aliphatic rings.